The topological polar surface area (TPSA) is 56.2 Å². The van der Waals surface area contributed by atoms with E-state index in [4.69, 9.17) is 4.74 Å². The van der Waals surface area contributed by atoms with Crippen LogP contribution in [0.5, 0.6) is 0 Å². The molecule has 5 nitrogen and oxygen atoms in total. The molecule has 0 aliphatic carbocycles. The smallest absolute Gasteiger partial charge is 0.225 e. The maximum atomic E-state index is 12.0. The third kappa shape index (κ3) is 3.08. The second-order valence-corrected chi connectivity index (χ2v) is 6.55. The normalized spacial score (nSPS) is 17.8. The molecule has 2 aromatic heterocycles. The zero-order chi connectivity index (χ0) is 15.5. The van der Waals surface area contributed by atoms with Gasteiger partial charge in [0.05, 0.1) is 24.8 Å². The van der Waals surface area contributed by atoms with Crippen LogP contribution in [-0.2, 0) is 16.1 Å². The predicted octanol–water partition coefficient (Wildman–Crippen LogP) is 2.38. The van der Waals surface area contributed by atoms with Crippen molar-refractivity contribution >= 4 is 17.2 Å². The van der Waals surface area contributed by atoms with E-state index < -0.39 is 0 Å². The van der Waals surface area contributed by atoms with Crippen molar-refractivity contribution in [1.29, 1.82) is 0 Å². The van der Waals surface area contributed by atoms with Crippen molar-refractivity contribution in [2.24, 2.45) is 5.92 Å². The highest BCUT2D eigenvalue weighted by Gasteiger charge is 2.23. The minimum absolute atomic E-state index is 0.0159. The van der Waals surface area contributed by atoms with Crippen molar-refractivity contribution in [1.82, 2.24) is 15.1 Å². The predicted molar refractivity (Wildman–Crippen MR) is 86.9 cm³/mol. The van der Waals surface area contributed by atoms with Gasteiger partial charge in [-0.05, 0) is 31.7 Å². The number of hydrogen-bond acceptors (Lipinski definition) is 4. The Morgan fingerprint density at radius 1 is 1.55 bits per heavy atom. The highest BCUT2D eigenvalue weighted by atomic mass is 32.1. The molecule has 2 aromatic rings. The minimum atomic E-state index is 0.0159. The van der Waals surface area contributed by atoms with E-state index >= 15 is 0 Å². The van der Waals surface area contributed by atoms with Gasteiger partial charge in [0.1, 0.15) is 0 Å². The number of carbonyl (C=O) groups is 1. The van der Waals surface area contributed by atoms with Crippen LogP contribution in [0.15, 0.2) is 17.5 Å². The summed E-state index contributed by atoms with van der Waals surface area (Å²) in [7, 11) is 0. The molecule has 1 fully saturated rings. The van der Waals surface area contributed by atoms with Gasteiger partial charge < -0.3 is 10.1 Å². The van der Waals surface area contributed by atoms with Crippen molar-refractivity contribution in [3.8, 4) is 10.4 Å². The fourth-order valence-corrected chi connectivity index (χ4v) is 3.74. The molecule has 0 saturated carbocycles. The number of aryl methyl sites for hydroxylation is 1. The van der Waals surface area contributed by atoms with Gasteiger partial charge >= 0.3 is 0 Å². The molecule has 1 aliphatic heterocycles. The minimum Gasteiger partial charge on any atom is -0.381 e. The third-order valence-corrected chi connectivity index (χ3v) is 4.96. The lowest BCUT2D eigenvalue weighted by atomic mass is 10.1. The molecule has 0 aromatic carbocycles. The fraction of sp³-hybridized carbons (Fsp3) is 0.500. The number of rotatable bonds is 5. The summed E-state index contributed by atoms with van der Waals surface area (Å²) in [6.07, 6.45) is 0.828. The van der Waals surface area contributed by atoms with Crippen LogP contribution in [0.25, 0.3) is 10.4 Å². The second-order valence-electron chi connectivity index (χ2n) is 5.60. The number of carbonyl (C=O) groups excluding carboxylic acids is 1. The zero-order valence-corrected chi connectivity index (χ0v) is 13.8. The monoisotopic (exact) mass is 319 g/mol. The molecule has 3 rings (SSSR count). The van der Waals surface area contributed by atoms with Crippen LogP contribution in [0.2, 0.25) is 0 Å². The Hall–Kier alpha value is -1.66. The number of hydrogen-bond donors (Lipinski definition) is 1. The first-order valence-electron chi connectivity index (χ1n) is 7.60. The lowest BCUT2D eigenvalue weighted by molar-refractivity contribution is -0.124. The summed E-state index contributed by atoms with van der Waals surface area (Å²) in [5.41, 5.74) is 3.40. The molecule has 0 radical (unpaired) electrons. The second kappa shape index (κ2) is 6.62. The highest BCUT2D eigenvalue weighted by molar-refractivity contribution is 7.13. The molecule has 0 unspecified atom stereocenters. The van der Waals surface area contributed by atoms with Crippen LogP contribution >= 0.6 is 11.3 Å². The van der Waals surface area contributed by atoms with Crippen molar-refractivity contribution in [2.75, 3.05) is 19.8 Å². The molecule has 1 N–H and O–H groups in total. The number of nitrogens with one attached hydrogen (secondary N) is 1. The van der Waals surface area contributed by atoms with Crippen LogP contribution in [0.3, 0.4) is 0 Å². The van der Waals surface area contributed by atoms with Gasteiger partial charge in [-0.2, -0.15) is 5.10 Å². The molecule has 22 heavy (non-hydrogen) atoms. The standard InChI is InChI=1S/C16H21N3O2S/c1-11-15(14-4-3-9-22-14)12(2)19(18-11)7-6-17-16(20)13-5-8-21-10-13/h3-4,9,13H,5-8,10H2,1-2H3,(H,17,20)/t13-/m0/s1. The SMILES string of the molecule is Cc1nn(CCNC(=O)[C@H]2CCOC2)c(C)c1-c1cccs1. The van der Waals surface area contributed by atoms with Crippen molar-refractivity contribution in [3.05, 3.63) is 28.9 Å². The molecule has 0 spiro atoms. The lowest BCUT2D eigenvalue weighted by Crippen LogP contribution is -2.33. The molecule has 118 valence electrons. The molecular weight excluding hydrogens is 298 g/mol. The van der Waals surface area contributed by atoms with E-state index in [1.165, 1.54) is 10.4 Å². The molecular formula is C16H21N3O2S. The van der Waals surface area contributed by atoms with Crippen LogP contribution in [0, 0.1) is 19.8 Å². The van der Waals surface area contributed by atoms with E-state index in [2.05, 4.69) is 34.9 Å². The number of aromatic nitrogens is 2. The number of amides is 1. The zero-order valence-electron chi connectivity index (χ0n) is 13.0. The number of nitrogens with zero attached hydrogens (tertiary/aromatic N) is 2. The lowest BCUT2D eigenvalue weighted by Gasteiger charge is -2.10. The van der Waals surface area contributed by atoms with Crippen LogP contribution in [0.4, 0.5) is 0 Å². The van der Waals surface area contributed by atoms with Crippen LogP contribution < -0.4 is 5.32 Å². The molecule has 1 atom stereocenters. The Morgan fingerprint density at radius 3 is 3.09 bits per heavy atom. The first-order valence-corrected chi connectivity index (χ1v) is 8.48. The first-order chi connectivity index (χ1) is 10.7. The molecule has 0 bridgehead atoms. The Kier molecular flexibility index (Phi) is 4.59. The maximum Gasteiger partial charge on any atom is 0.225 e. The van der Waals surface area contributed by atoms with E-state index in [-0.39, 0.29) is 11.8 Å². The van der Waals surface area contributed by atoms with Gasteiger partial charge in [-0.1, -0.05) is 6.07 Å². The van der Waals surface area contributed by atoms with Crippen molar-refractivity contribution in [3.63, 3.8) is 0 Å². The summed E-state index contributed by atoms with van der Waals surface area (Å²) in [5, 5.41) is 9.67. The summed E-state index contributed by atoms with van der Waals surface area (Å²) >= 11 is 1.73. The maximum absolute atomic E-state index is 12.0. The molecule has 6 heteroatoms. The molecule has 1 aliphatic rings. The molecule has 1 amide bonds. The van der Waals surface area contributed by atoms with Gasteiger partial charge in [0.2, 0.25) is 5.91 Å². The molecule has 3 heterocycles. The number of thiophene rings is 1. The van der Waals surface area contributed by atoms with E-state index in [0.717, 1.165) is 17.8 Å². The van der Waals surface area contributed by atoms with Gasteiger partial charge in [0, 0.05) is 29.3 Å². The quantitative estimate of drug-likeness (QED) is 0.920. The summed E-state index contributed by atoms with van der Waals surface area (Å²) < 4.78 is 7.23. The Balaban J connectivity index is 1.61. The van der Waals surface area contributed by atoms with Crippen LogP contribution in [-0.4, -0.2) is 35.4 Å². The van der Waals surface area contributed by atoms with E-state index in [9.17, 15) is 4.79 Å². The Morgan fingerprint density at radius 2 is 2.41 bits per heavy atom. The van der Waals surface area contributed by atoms with Crippen LogP contribution in [0.1, 0.15) is 17.8 Å². The highest BCUT2D eigenvalue weighted by Crippen LogP contribution is 2.30. The molecule has 1 saturated heterocycles. The van der Waals surface area contributed by atoms with Gasteiger partial charge in [0.25, 0.3) is 0 Å². The van der Waals surface area contributed by atoms with Gasteiger partial charge in [-0.3, -0.25) is 9.48 Å². The average Bonchev–Trinajstić information content (AvgIpc) is 3.22. The van der Waals surface area contributed by atoms with Gasteiger partial charge in [0.15, 0.2) is 0 Å². The summed E-state index contributed by atoms with van der Waals surface area (Å²) in [6.45, 7) is 6.65. The summed E-state index contributed by atoms with van der Waals surface area (Å²) in [4.78, 5) is 13.2. The van der Waals surface area contributed by atoms with Gasteiger partial charge in [-0.15, -0.1) is 11.3 Å². The fourth-order valence-electron chi connectivity index (χ4n) is 2.86. The van der Waals surface area contributed by atoms with Crippen molar-refractivity contribution < 1.29 is 9.53 Å². The van der Waals surface area contributed by atoms with E-state index in [1.807, 2.05) is 11.6 Å². The third-order valence-electron chi connectivity index (χ3n) is 4.07. The van der Waals surface area contributed by atoms with Crippen molar-refractivity contribution in [2.45, 2.75) is 26.8 Å². The Bertz CT molecular complexity index is 643. The summed E-state index contributed by atoms with van der Waals surface area (Å²) in [6, 6.07) is 4.17. The van der Waals surface area contributed by atoms with E-state index in [1.54, 1.807) is 11.3 Å². The first kappa shape index (κ1) is 15.2. The van der Waals surface area contributed by atoms with Gasteiger partial charge in [-0.25, -0.2) is 0 Å². The summed E-state index contributed by atoms with van der Waals surface area (Å²) in [5.74, 6) is 0.111. The number of ether oxygens (including phenoxy) is 1. The Labute approximate surface area is 134 Å². The average molecular weight is 319 g/mol. The largest absolute Gasteiger partial charge is 0.381 e. The van der Waals surface area contributed by atoms with E-state index in [0.29, 0.717) is 26.3 Å².